The molecule has 0 aliphatic rings. The largest absolute Gasteiger partial charge is 0.493 e. The molecular weight excluding hydrogens is 278 g/mol. The Morgan fingerprint density at radius 2 is 1.77 bits per heavy atom. The monoisotopic (exact) mass is 301 g/mol. The van der Waals surface area contributed by atoms with Crippen molar-refractivity contribution in [3.8, 4) is 11.5 Å². The molecule has 0 bridgehead atoms. The lowest BCUT2D eigenvalue weighted by Crippen LogP contribution is -2.00. The van der Waals surface area contributed by atoms with Gasteiger partial charge in [0.05, 0.1) is 13.3 Å². The van der Waals surface area contributed by atoms with E-state index in [4.69, 9.17) is 14.7 Å². The van der Waals surface area contributed by atoms with Crippen LogP contribution >= 0.6 is 0 Å². The number of aryl methyl sites for hydroxylation is 1. The highest BCUT2D eigenvalue weighted by molar-refractivity contribution is 5.82. The number of hydrogen-bond acceptors (Lipinski definition) is 4. The third-order valence-electron chi connectivity index (χ3n) is 2.99. The Bertz CT molecular complexity index is 595. The van der Waals surface area contributed by atoms with Crippen LogP contribution in [0.2, 0.25) is 0 Å². The summed E-state index contributed by atoms with van der Waals surface area (Å²) in [4.78, 5) is 0. The maximum atomic E-state index is 8.67. The molecule has 22 heavy (non-hydrogen) atoms. The predicted octanol–water partition coefficient (Wildman–Crippen LogP) is 4.42. The normalized spacial score (nSPS) is 10.0. The quantitative estimate of drug-likeness (QED) is 0.505. The number of hydrogen-bond donors (Lipinski definition) is 1. The standard InChI is InChI=1S/C16H17NO3.C2H6/c1-12-8-15(19-2)16(9-14(12)10-17-18)20-11-13-6-4-3-5-7-13;1-2/h3-10,18H,11H2,1-2H3;1-2H3/b17-10+;. The van der Waals surface area contributed by atoms with Crippen molar-refractivity contribution >= 4 is 6.21 Å². The molecule has 0 atom stereocenters. The van der Waals surface area contributed by atoms with Crippen LogP contribution in [0.1, 0.15) is 30.5 Å². The summed E-state index contributed by atoms with van der Waals surface area (Å²) in [5.41, 5.74) is 2.82. The van der Waals surface area contributed by atoms with Crippen molar-refractivity contribution in [3.05, 3.63) is 59.2 Å². The van der Waals surface area contributed by atoms with Crippen molar-refractivity contribution in [1.29, 1.82) is 0 Å². The van der Waals surface area contributed by atoms with Gasteiger partial charge in [0, 0.05) is 5.56 Å². The molecule has 0 saturated carbocycles. The molecule has 0 radical (unpaired) electrons. The highest BCUT2D eigenvalue weighted by Crippen LogP contribution is 2.30. The lowest BCUT2D eigenvalue weighted by atomic mass is 10.1. The Hall–Kier alpha value is -2.49. The Labute approximate surface area is 132 Å². The van der Waals surface area contributed by atoms with Gasteiger partial charge in [-0.15, -0.1) is 0 Å². The van der Waals surface area contributed by atoms with Gasteiger partial charge in [0.15, 0.2) is 11.5 Å². The van der Waals surface area contributed by atoms with E-state index in [1.54, 1.807) is 13.2 Å². The number of ether oxygens (including phenoxy) is 2. The second-order valence-corrected chi connectivity index (χ2v) is 4.38. The fraction of sp³-hybridized carbons (Fsp3) is 0.278. The Kier molecular flexibility index (Phi) is 7.54. The zero-order valence-corrected chi connectivity index (χ0v) is 13.5. The van der Waals surface area contributed by atoms with Gasteiger partial charge in [-0.25, -0.2) is 0 Å². The van der Waals surface area contributed by atoms with Crippen LogP contribution in [0.4, 0.5) is 0 Å². The Morgan fingerprint density at radius 1 is 1.09 bits per heavy atom. The molecule has 0 amide bonds. The van der Waals surface area contributed by atoms with Crippen LogP contribution in [0, 0.1) is 6.92 Å². The molecule has 4 heteroatoms. The average molecular weight is 301 g/mol. The summed E-state index contributed by atoms with van der Waals surface area (Å²) in [5.74, 6) is 1.28. The number of rotatable bonds is 5. The van der Waals surface area contributed by atoms with Gasteiger partial charge >= 0.3 is 0 Å². The van der Waals surface area contributed by atoms with E-state index in [0.29, 0.717) is 18.1 Å². The fourth-order valence-electron chi connectivity index (χ4n) is 1.89. The molecule has 2 aromatic rings. The van der Waals surface area contributed by atoms with Crippen molar-refractivity contribution in [2.75, 3.05) is 7.11 Å². The van der Waals surface area contributed by atoms with Gasteiger partial charge < -0.3 is 14.7 Å². The lowest BCUT2D eigenvalue weighted by molar-refractivity contribution is 0.284. The number of oxime groups is 1. The first-order valence-corrected chi connectivity index (χ1v) is 7.27. The van der Waals surface area contributed by atoms with Crippen molar-refractivity contribution in [2.24, 2.45) is 5.16 Å². The van der Waals surface area contributed by atoms with Crippen LogP contribution in [-0.2, 0) is 6.61 Å². The van der Waals surface area contributed by atoms with Gasteiger partial charge in [-0.1, -0.05) is 49.3 Å². The van der Waals surface area contributed by atoms with Gasteiger partial charge in [-0.3, -0.25) is 0 Å². The van der Waals surface area contributed by atoms with Gasteiger partial charge in [0.25, 0.3) is 0 Å². The fourth-order valence-corrected chi connectivity index (χ4v) is 1.89. The zero-order valence-electron chi connectivity index (χ0n) is 13.5. The van der Waals surface area contributed by atoms with E-state index in [0.717, 1.165) is 16.7 Å². The first-order chi connectivity index (χ1) is 10.7. The summed E-state index contributed by atoms with van der Waals surface area (Å²) >= 11 is 0. The summed E-state index contributed by atoms with van der Waals surface area (Å²) in [6.45, 7) is 6.37. The van der Waals surface area contributed by atoms with Crippen LogP contribution in [0.3, 0.4) is 0 Å². The van der Waals surface area contributed by atoms with Crippen molar-refractivity contribution in [2.45, 2.75) is 27.4 Å². The SMILES string of the molecule is CC.COc1cc(C)c(/C=N/O)cc1OCc1ccccc1. The predicted molar refractivity (Wildman–Crippen MR) is 89.2 cm³/mol. The van der Waals surface area contributed by atoms with E-state index in [9.17, 15) is 0 Å². The molecule has 0 aliphatic heterocycles. The topological polar surface area (TPSA) is 51.0 Å². The number of methoxy groups -OCH3 is 1. The van der Waals surface area contributed by atoms with E-state index >= 15 is 0 Å². The molecule has 2 aromatic carbocycles. The van der Waals surface area contributed by atoms with Crippen molar-refractivity contribution in [3.63, 3.8) is 0 Å². The van der Waals surface area contributed by atoms with Gasteiger partial charge in [-0.2, -0.15) is 0 Å². The van der Waals surface area contributed by atoms with Crippen LogP contribution in [0.15, 0.2) is 47.6 Å². The van der Waals surface area contributed by atoms with E-state index < -0.39 is 0 Å². The molecule has 0 unspecified atom stereocenters. The maximum Gasteiger partial charge on any atom is 0.162 e. The second kappa shape index (κ2) is 9.45. The van der Waals surface area contributed by atoms with Crippen LogP contribution in [0.5, 0.6) is 11.5 Å². The minimum absolute atomic E-state index is 0.454. The molecule has 0 aliphatic carbocycles. The zero-order chi connectivity index (χ0) is 16.4. The molecule has 0 aromatic heterocycles. The smallest absolute Gasteiger partial charge is 0.162 e. The third-order valence-corrected chi connectivity index (χ3v) is 2.99. The summed E-state index contributed by atoms with van der Waals surface area (Å²) in [5, 5.41) is 11.7. The molecule has 2 rings (SSSR count). The molecule has 0 heterocycles. The minimum atomic E-state index is 0.454. The second-order valence-electron chi connectivity index (χ2n) is 4.38. The van der Waals surface area contributed by atoms with Gasteiger partial charge in [0.2, 0.25) is 0 Å². The van der Waals surface area contributed by atoms with E-state index in [1.165, 1.54) is 6.21 Å². The molecule has 0 spiro atoms. The minimum Gasteiger partial charge on any atom is -0.493 e. The summed E-state index contributed by atoms with van der Waals surface area (Å²) in [7, 11) is 1.60. The average Bonchev–Trinajstić information content (AvgIpc) is 2.58. The Balaban J connectivity index is 0.00000116. The van der Waals surface area contributed by atoms with Gasteiger partial charge in [-0.05, 0) is 30.2 Å². The van der Waals surface area contributed by atoms with E-state index in [1.807, 2.05) is 57.2 Å². The number of nitrogens with zero attached hydrogens (tertiary/aromatic N) is 1. The molecule has 1 N–H and O–H groups in total. The first-order valence-electron chi connectivity index (χ1n) is 7.27. The van der Waals surface area contributed by atoms with Crippen molar-refractivity contribution in [1.82, 2.24) is 0 Å². The first kappa shape index (κ1) is 17.6. The maximum absolute atomic E-state index is 8.67. The molecule has 0 fully saturated rings. The highest BCUT2D eigenvalue weighted by atomic mass is 16.5. The molecular formula is C18H23NO3. The van der Waals surface area contributed by atoms with E-state index in [-0.39, 0.29) is 0 Å². The summed E-state index contributed by atoms with van der Waals surface area (Å²) in [6, 6.07) is 13.6. The van der Waals surface area contributed by atoms with Crippen molar-refractivity contribution < 1.29 is 14.7 Å². The molecule has 118 valence electrons. The van der Waals surface area contributed by atoms with Crippen LogP contribution < -0.4 is 9.47 Å². The van der Waals surface area contributed by atoms with Crippen LogP contribution in [-0.4, -0.2) is 18.5 Å². The Morgan fingerprint density at radius 3 is 2.36 bits per heavy atom. The lowest BCUT2D eigenvalue weighted by Gasteiger charge is -2.13. The van der Waals surface area contributed by atoms with Gasteiger partial charge in [0.1, 0.15) is 6.61 Å². The summed E-state index contributed by atoms with van der Waals surface area (Å²) in [6.07, 6.45) is 1.38. The van der Waals surface area contributed by atoms with E-state index in [2.05, 4.69) is 5.16 Å². The molecule has 4 nitrogen and oxygen atoms in total. The number of benzene rings is 2. The molecule has 0 saturated heterocycles. The highest BCUT2D eigenvalue weighted by Gasteiger charge is 2.08. The third kappa shape index (κ3) is 4.81. The summed E-state index contributed by atoms with van der Waals surface area (Å²) < 4.78 is 11.1. The van der Waals surface area contributed by atoms with Crippen LogP contribution in [0.25, 0.3) is 0 Å².